The zero-order valence-corrected chi connectivity index (χ0v) is 14.7. The van der Waals surface area contributed by atoms with Crippen LogP contribution in [0, 0.1) is 0 Å². The number of rotatable bonds is 3. The normalized spacial score (nSPS) is 22.0. The first kappa shape index (κ1) is 17.5. The minimum Gasteiger partial charge on any atom is -0.480 e. The van der Waals surface area contributed by atoms with Crippen LogP contribution < -0.4 is 15.5 Å². The molecular formula is C17H17NO6S. The Bertz CT molecular complexity index is 919. The predicted octanol–water partition coefficient (Wildman–Crippen LogP) is 2.29. The Morgan fingerprint density at radius 2 is 2.08 bits per heavy atom. The van der Waals surface area contributed by atoms with Crippen LogP contribution in [0.4, 0.5) is 0 Å². The van der Waals surface area contributed by atoms with E-state index in [4.69, 9.17) is 9.15 Å². The molecule has 7 nitrogen and oxygen atoms in total. The standard InChI is InChI=1S/C17H17NO6S/c1-8(19)24-9-4-5-12-10(6-9)13(20)11(7-23-12)15-18-14(16(21)22)17(2,3)25-15/h4-7,14-15,18H,1-3H3,(H,21,22)/t14-,15-/m1/s1. The lowest BCUT2D eigenvalue weighted by Crippen LogP contribution is -2.43. The average molecular weight is 363 g/mol. The van der Waals surface area contributed by atoms with Gasteiger partial charge in [0, 0.05) is 11.7 Å². The third-order valence-corrected chi connectivity index (χ3v) is 5.47. The second-order valence-electron chi connectivity index (χ2n) is 6.31. The highest BCUT2D eigenvalue weighted by Crippen LogP contribution is 2.45. The highest BCUT2D eigenvalue weighted by atomic mass is 32.2. The fraction of sp³-hybridized carbons (Fsp3) is 0.353. The highest BCUT2D eigenvalue weighted by molar-refractivity contribution is 8.01. The number of hydrogen-bond donors (Lipinski definition) is 2. The topological polar surface area (TPSA) is 106 Å². The van der Waals surface area contributed by atoms with E-state index in [1.807, 2.05) is 13.8 Å². The van der Waals surface area contributed by atoms with E-state index in [0.717, 1.165) is 0 Å². The van der Waals surface area contributed by atoms with Crippen molar-refractivity contribution in [1.82, 2.24) is 5.32 Å². The molecule has 0 radical (unpaired) electrons. The van der Waals surface area contributed by atoms with Crippen LogP contribution in [0.15, 0.2) is 33.7 Å². The van der Waals surface area contributed by atoms with E-state index < -0.39 is 28.1 Å². The molecule has 25 heavy (non-hydrogen) atoms. The fourth-order valence-corrected chi connectivity index (χ4v) is 4.22. The predicted molar refractivity (Wildman–Crippen MR) is 92.8 cm³/mol. The van der Waals surface area contributed by atoms with Crippen LogP contribution in [-0.4, -0.2) is 27.8 Å². The smallest absolute Gasteiger partial charge is 0.322 e. The molecule has 1 fully saturated rings. The molecule has 0 amide bonds. The molecule has 1 aliphatic heterocycles. The van der Waals surface area contributed by atoms with Crippen molar-refractivity contribution in [2.24, 2.45) is 0 Å². The van der Waals surface area contributed by atoms with Crippen molar-refractivity contribution in [2.75, 3.05) is 0 Å². The number of carbonyl (C=O) groups is 2. The van der Waals surface area contributed by atoms with E-state index in [9.17, 15) is 19.5 Å². The van der Waals surface area contributed by atoms with Gasteiger partial charge in [-0.25, -0.2) is 0 Å². The average Bonchev–Trinajstić information content (AvgIpc) is 2.83. The van der Waals surface area contributed by atoms with Crippen LogP contribution in [0.1, 0.15) is 31.7 Å². The molecule has 0 aliphatic carbocycles. The third-order valence-electron chi connectivity index (χ3n) is 4.00. The summed E-state index contributed by atoms with van der Waals surface area (Å²) >= 11 is 1.36. The molecule has 2 N–H and O–H groups in total. The maximum Gasteiger partial charge on any atom is 0.322 e. The van der Waals surface area contributed by atoms with Gasteiger partial charge in [-0.2, -0.15) is 0 Å². The van der Waals surface area contributed by atoms with E-state index in [0.29, 0.717) is 11.1 Å². The number of carboxylic acid groups (broad SMARTS) is 1. The van der Waals surface area contributed by atoms with Gasteiger partial charge in [-0.3, -0.25) is 19.7 Å². The number of fused-ring (bicyclic) bond motifs is 1. The van der Waals surface area contributed by atoms with Gasteiger partial charge in [0.05, 0.1) is 16.3 Å². The van der Waals surface area contributed by atoms with Gasteiger partial charge in [0.15, 0.2) is 5.43 Å². The van der Waals surface area contributed by atoms with Crippen LogP contribution in [0.25, 0.3) is 11.0 Å². The number of carboxylic acids is 1. The number of benzene rings is 1. The molecule has 2 heterocycles. The van der Waals surface area contributed by atoms with E-state index in [1.165, 1.54) is 31.0 Å². The molecule has 8 heteroatoms. The van der Waals surface area contributed by atoms with Gasteiger partial charge in [0.2, 0.25) is 0 Å². The van der Waals surface area contributed by atoms with E-state index in [-0.39, 0.29) is 16.6 Å². The maximum absolute atomic E-state index is 12.8. The molecule has 3 rings (SSSR count). The first-order chi connectivity index (χ1) is 11.7. The molecule has 2 atom stereocenters. The van der Waals surface area contributed by atoms with E-state index >= 15 is 0 Å². The lowest BCUT2D eigenvalue weighted by Gasteiger charge is -2.20. The molecular weight excluding hydrogens is 346 g/mol. The van der Waals surface area contributed by atoms with E-state index in [1.54, 1.807) is 12.1 Å². The van der Waals surface area contributed by atoms with Gasteiger partial charge in [-0.15, -0.1) is 11.8 Å². The third kappa shape index (κ3) is 3.27. The lowest BCUT2D eigenvalue weighted by atomic mass is 10.0. The first-order valence-corrected chi connectivity index (χ1v) is 8.47. The molecule has 1 aliphatic rings. The zero-order chi connectivity index (χ0) is 18.4. The Morgan fingerprint density at radius 1 is 1.36 bits per heavy atom. The van der Waals surface area contributed by atoms with Gasteiger partial charge < -0.3 is 14.3 Å². The van der Waals surface area contributed by atoms with Crippen LogP contribution >= 0.6 is 11.8 Å². The van der Waals surface area contributed by atoms with Gasteiger partial charge in [0.1, 0.15) is 23.6 Å². The summed E-state index contributed by atoms with van der Waals surface area (Å²) in [4.78, 5) is 35.3. The van der Waals surface area contributed by atoms with Crippen LogP contribution in [0.2, 0.25) is 0 Å². The van der Waals surface area contributed by atoms with Crippen molar-refractivity contribution in [1.29, 1.82) is 0 Å². The number of ether oxygens (including phenoxy) is 1. The minimum atomic E-state index is -0.970. The number of carbonyl (C=O) groups excluding carboxylic acids is 1. The van der Waals surface area contributed by atoms with Crippen LogP contribution in [0.5, 0.6) is 5.75 Å². The van der Waals surface area contributed by atoms with Crippen LogP contribution in [0.3, 0.4) is 0 Å². The first-order valence-electron chi connectivity index (χ1n) is 7.59. The van der Waals surface area contributed by atoms with Gasteiger partial charge in [-0.05, 0) is 32.0 Å². The number of thioether (sulfide) groups is 1. The van der Waals surface area contributed by atoms with Crippen molar-refractivity contribution in [2.45, 2.75) is 36.9 Å². The number of hydrogen-bond acceptors (Lipinski definition) is 7. The van der Waals surface area contributed by atoms with Gasteiger partial charge in [-0.1, -0.05) is 0 Å². The summed E-state index contributed by atoms with van der Waals surface area (Å²) in [6, 6.07) is 3.76. The van der Waals surface area contributed by atoms with Crippen molar-refractivity contribution in [3.8, 4) is 5.75 Å². The molecule has 0 bridgehead atoms. The monoisotopic (exact) mass is 363 g/mol. The lowest BCUT2D eigenvalue weighted by molar-refractivity contribution is -0.140. The van der Waals surface area contributed by atoms with Crippen molar-refractivity contribution in [3.63, 3.8) is 0 Å². The van der Waals surface area contributed by atoms with Gasteiger partial charge >= 0.3 is 11.9 Å². The summed E-state index contributed by atoms with van der Waals surface area (Å²) in [6.45, 7) is 4.90. The Kier molecular flexibility index (Phi) is 4.34. The Hall–Kier alpha value is -2.32. The maximum atomic E-state index is 12.8. The summed E-state index contributed by atoms with van der Waals surface area (Å²) in [5, 5.41) is 12.1. The highest BCUT2D eigenvalue weighted by Gasteiger charge is 2.46. The molecule has 0 unspecified atom stereocenters. The Morgan fingerprint density at radius 3 is 2.68 bits per heavy atom. The Balaban J connectivity index is 2.03. The number of nitrogens with one attached hydrogen (secondary N) is 1. The number of aliphatic carboxylic acids is 1. The minimum absolute atomic E-state index is 0.250. The molecule has 2 aromatic rings. The summed E-state index contributed by atoms with van der Waals surface area (Å²) in [6.07, 6.45) is 1.35. The molecule has 1 aromatic carbocycles. The number of esters is 1. The second kappa shape index (κ2) is 6.20. The molecule has 0 saturated carbocycles. The summed E-state index contributed by atoms with van der Waals surface area (Å²) in [5.41, 5.74) is 0.401. The SMILES string of the molecule is CC(=O)Oc1ccc2occ([C@@H]3N[C@H](C(=O)O)C(C)(C)S3)c(=O)c2c1. The zero-order valence-electron chi connectivity index (χ0n) is 13.9. The summed E-state index contributed by atoms with van der Waals surface area (Å²) in [5.74, 6) is -1.21. The van der Waals surface area contributed by atoms with Crippen molar-refractivity contribution >= 4 is 34.7 Å². The quantitative estimate of drug-likeness (QED) is 0.632. The van der Waals surface area contributed by atoms with E-state index in [2.05, 4.69) is 5.32 Å². The second-order valence-corrected chi connectivity index (χ2v) is 8.07. The Labute approximate surface area is 147 Å². The van der Waals surface area contributed by atoms with Crippen LogP contribution in [-0.2, 0) is 9.59 Å². The molecule has 0 spiro atoms. The summed E-state index contributed by atoms with van der Waals surface area (Å²) < 4.78 is 9.94. The largest absolute Gasteiger partial charge is 0.480 e. The van der Waals surface area contributed by atoms with Gasteiger partial charge in [0.25, 0.3) is 0 Å². The molecule has 1 aromatic heterocycles. The summed E-state index contributed by atoms with van der Waals surface area (Å²) in [7, 11) is 0. The molecule has 132 valence electrons. The fourth-order valence-electron chi connectivity index (χ4n) is 2.82. The van der Waals surface area contributed by atoms with Crippen molar-refractivity contribution in [3.05, 3.63) is 40.2 Å². The molecule has 1 saturated heterocycles. The van der Waals surface area contributed by atoms with Crippen molar-refractivity contribution < 1.29 is 23.8 Å².